The van der Waals surface area contributed by atoms with Gasteiger partial charge in [0.15, 0.2) is 5.97 Å². The number of ether oxygens (including phenoxy) is 1. The molecule has 0 amide bonds. The molecule has 167 valence electrons. The summed E-state index contributed by atoms with van der Waals surface area (Å²) >= 11 is 0. The maximum absolute atomic E-state index is 12.4. The third-order valence-electron chi connectivity index (χ3n) is 5.70. The predicted molar refractivity (Wildman–Crippen MR) is 120 cm³/mol. The van der Waals surface area contributed by atoms with E-state index < -0.39 is 0 Å². The zero-order valence-corrected chi connectivity index (χ0v) is 22.5. The van der Waals surface area contributed by atoms with E-state index in [1.807, 2.05) is 6.92 Å². The molecule has 4 unspecified atom stereocenters. The van der Waals surface area contributed by atoms with E-state index >= 15 is 0 Å². The Morgan fingerprint density at radius 2 is 1.39 bits per heavy atom. The number of hydrogen-bond donors (Lipinski definition) is 0. The number of carbonyl (C=O) groups is 1. The molecule has 1 fully saturated rings. The molecule has 28 heavy (non-hydrogen) atoms. The van der Waals surface area contributed by atoms with Gasteiger partial charge in [-0.25, -0.2) is 0 Å². The van der Waals surface area contributed by atoms with Gasteiger partial charge in [0, 0.05) is 5.92 Å². The van der Waals surface area contributed by atoms with Crippen LogP contribution in [0.3, 0.4) is 0 Å². The molecule has 0 spiro atoms. The van der Waals surface area contributed by atoms with Gasteiger partial charge in [0.25, 0.3) is 0 Å². The predicted octanol–water partition coefficient (Wildman–Crippen LogP) is 7.91. The molecule has 0 heterocycles. The normalized spacial score (nSPS) is 24.7. The Hall–Kier alpha value is -0.0756. The molecule has 0 aromatic heterocycles. The van der Waals surface area contributed by atoms with Crippen LogP contribution in [0.15, 0.2) is 0 Å². The summed E-state index contributed by atoms with van der Waals surface area (Å²) in [6.07, 6.45) is 5.29. The largest absolute Gasteiger partial charge is 2.00 e. The molecule has 0 bridgehead atoms. The Kier molecular flexibility index (Phi) is 16.3. The summed E-state index contributed by atoms with van der Waals surface area (Å²) < 4.78 is 6.00. The molecule has 1 radical (unpaired) electrons. The third kappa shape index (κ3) is 10.6. The maximum atomic E-state index is 12.4. The Balaban J connectivity index is -0.00000117. The van der Waals surface area contributed by atoms with Crippen molar-refractivity contribution in [3.05, 3.63) is 13.3 Å². The first-order valence-electron chi connectivity index (χ1n) is 10.8. The van der Waals surface area contributed by atoms with Crippen LogP contribution < -0.4 is 0 Å². The molecule has 0 saturated heterocycles. The minimum atomic E-state index is -0.0764. The van der Waals surface area contributed by atoms with Gasteiger partial charge in [-0.2, -0.15) is 13.3 Å². The molecular weight excluding hydrogens is 383 g/mol. The molecule has 1 aliphatic carbocycles. The van der Waals surface area contributed by atoms with E-state index in [0.717, 1.165) is 31.6 Å². The molecule has 0 N–H and O–H groups in total. The number of hydrogen-bond acceptors (Lipinski definition) is 2. The minimum Gasteiger partial charge on any atom is -0.484 e. The van der Waals surface area contributed by atoms with Gasteiger partial charge in [0.1, 0.15) is 6.10 Å². The van der Waals surface area contributed by atoms with Crippen molar-refractivity contribution in [3.8, 4) is 0 Å². The Morgan fingerprint density at radius 1 is 0.964 bits per heavy atom. The zero-order chi connectivity index (χ0) is 20.7. The Morgan fingerprint density at radius 3 is 1.75 bits per heavy atom. The first-order chi connectivity index (χ1) is 11.8. The van der Waals surface area contributed by atoms with Crippen molar-refractivity contribution in [3.63, 3.8) is 0 Å². The summed E-state index contributed by atoms with van der Waals surface area (Å²) in [7, 11) is 0. The van der Waals surface area contributed by atoms with E-state index in [4.69, 9.17) is 4.74 Å². The third-order valence-corrected chi connectivity index (χ3v) is 5.70. The van der Waals surface area contributed by atoms with Crippen molar-refractivity contribution < 1.29 is 28.1 Å². The fourth-order valence-electron chi connectivity index (χ4n) is 4.32. The molecule has 4 atom stereocenters. The van der Waals surface area contributed by atoms with E-state index in [1.165, 1.54) is 6.42 Å². The van der Waals surface area contributed by atoms with E-state index in [1.54, 1.807) is 0 Å². The van der Waals surface area contributed by atoms with Crippen molar-refractivity contribution in [1.29, 1.82) is 0 Å². The second-order valence-electron chi connectivity index (χ2n) is 10.6. The second-order valence-corrected chi connectivity index (χ2v) is 10.6. The molecule has 0 aliphatic heterocycles. The summed E-state index contributed by atoms with van der Waals surface area (Å²) in [6, 6.07) is 0. The molecule has 1 saturated carbocycles. The molecule has 3 heteroatoms. The smallest absolute Gasteiger partial charge is 0.484 e. The quantitative estimate of drug-likeness (QED) is 0.332. The average Bonchev–Trinajstić information content (AvgIpc) is 2.45. The standard InChI is InChI=1S/C21H39O2.C3H8.CH3.V/c1-10-11-14(2)19(22)23-18-12-15(3)16(20(4,5)6)13-17(18)21(7,8)9;1-3-2;;/h15-18H,10-13H2,1-9H3;3H2,1-2H3;1H3;/q-1;;-1;+2. The van der Waals surface area contributed by atoms with Crippen LogP contribution in [0.1, 0.15) is 108 Å². The maximum Gasteiger partial charge on any atom is 2.00 e. The van der Waals surface area contributed by atoms with Gasteiger partial charge >= 0.3 is 18.6 Å². The summed E-state index contributed by atoms with van der Waals surface area (Å²) in [5.41, 5.74) is 0.468. The van der Waals surface area contributed by atoms with Gasteiger partial charge in [-0.3, -0.25) is 10.7 Å². The summed E-state index contributed by atoms with van der Waals surface area (Å²) in [5, 5.41) is 0. The van der Waals surface area contributed by atoms with E-state index in [-0.39, 0.29) is 43.5 Å². The van der Waals surface area contributed by atoms with Crippen LogP contribution in [-0.2, 0) is 28.1 Å². The van der Waals surface area contributed by atoms with E-state index in [9.17, 15) is 4.79 Å². The van der Waals surface area contributed by atoms with Crippen molar-refractivity contribution in [2.75, 3.05) is 0 Å². The molecule has 2 nitrogen and oxygen atoms in total. The van der Waals surface area contributed by atoms with Crippen LogP contribution in [0.4, 0.5) is 0 Å². The van der Waals surface area contributed by atoms with Crippen molar-refractivity contribution >= 4 is 5.97 Å². The monoisotopic (exact) mass is 433 g/mol. The minimum absolute atomic E-state index is 0. The van der Waals surface area contributed by atoms with E-state index in [2.05, 4.69) is 69.2 Å². The summed E-state index contributed by atoms with van der Waals surface area (Å²) in [6.45, 7) is 24.5. The van der Waals surface area contributed by atoms with Crippen molar-refractivity contribution in [1.82, 2.24) is 0 Å². The van der Waals surface area contributed by atoms with Gasteiger partial charge < -0.3 is 12.2 Å². The first-order valence-corrected chi connectivity index (χ1v) is 10.8. The van der Waals surface area contributed by atoms with Crippen LogP contribution >= 0.6 is 0 Å². The molecular formula is C25H50O2V. The zero-order valence-electron chi connectivity index (χ0n) is 21.1. The number of carbonyl (C=O) groups excluding carboxylic acids is 1. The van der Waals surface area contributed by atoms with Crippen LogP contribution in [0.5, 0.6) is 0 Å². The van der Waals surface area contributed by atoms with Gasteiger partial charge in [0.2, 0.25) is 0 Å². The first kappa shape index (κ1) is 32.6. The van der Waals surface area contributed by atoms with E-state index in [0.29, 0.717) is 23.2 Å². The van der Waals surface area contributed by atoms with Crippen molar-refractivity contribution in [2.24, 2.45) is 28.6 Å². The van der Waals surface area contributed by atoms with Gasteiger partial charge in [-0.1, -0.05) is 82.1 Å². The van der Waals surface area contributed by atoms with Crippen LogP contribution in [0.2, 0.25) is 0 Å². The molecule has 0 aromatic carbocycles. The van der Waals surface area contributed by atoms with Gasteiger partial charge in [-0.15, -0.1) is 0 Å². The van der Waals surface area contributed by atoms with Crippen LogP contribution in [0.25, 0.3) is 0 Å². The van der Waals surface area contributed by atoms with Gasteiger partial charge in [-0.05, 0) is 35.5 Å². The average molecular weight is 434 g/mol. The van der Waals surface area contributed by atoms with Crippen LogP contribution in [0, 0.1) is 41.9 Å². The summed E-state index contributed by atoms with van der Waals surface area (Å²) in [4.78, 5) is 12.4. The molecule has 0 aromatic rings. The Bertz CT molecular complexity index is 406. The van der Waals surface area contributed by atoms with Crippen LogP contribution in [-0.4, -0.2) is 12.1 Å². The summed E-state index contributed by atoms with van der Waals surface area (Å²) in [5.74, 6) is 2.50. The van der Waals surface area contributed by atoms with Gasteiger partial charge in [0.05, 0.1) is 0 Å². The topological polar surface area (TPSA) is 26.3 Å². The number of rotatable bonds is 4. The molecule has 1 rings (SSSR count). The Labute approximate surface area is 190 Å². The van der Waals surface area contributed by atoms with Crippen molar-refractivity contribution in [2.45, 2.75) is 114 Å². The fourth-order valence-corrected chi connectivity index (χ4v) is 4.32. The second kappa shape index (κ2) is 14.0. The molecule has 1 aliphatic rings. The SMILES string of the molecule is CCC.CCC[C-](C)C(=O)OC1CC(C)C(C(C)(C)C)CC1C(C)(C)C.[CH3-].[V+2]. The fraction of sp³-hybridized carbons (Fsp3) is 0.880. The number of esters is 1.